The standard InChI is InChI=1S/C27H31NO3SSi/c1-3-13-26(32-20-25(27(30)31)28-21(2)29)33(22-14-7-4-8-15-22,23-16-9-5-10-17-23)24-18-11-6-12-19-24/h4-12,14-19,25-26H,3,13,20H2,1-2H3,(H,28,29)(H,30,31)/t25-,26?/m0/s1. The smallest absolute Gasteiger partial charge is 0.327 e. The summed E-state index contributed by atoms with van der Waals surface area (Å²) in [5.74, 6) is -1.01. The Balaban J connectivity index is 2.19. The molecule has 3 aromatic carbocycles. The first-order chi connectivity index (χ1) is 16.0. The largest absolute Gasteiger partial charge is 0.480 e. The van der Waals surface area contributed by atoms with Gasteiger partial charge in [0, 0.05) is 17.5 Å². The Kier molecular flexibility index (Phi) is 8.92. The van der Waals surface area contributed by atoms with Crippen molar-refractivity contribution in [1.82, 2.24) is 5.32 Å². The number of carbonyl (C=O) groups excluding carboxylic acids is 1. The first kappa shape index (κ1) is 24.8. The molecule has 0 spiro atoms. The van der Waals surface area contributed by atoms with Crippen LogP contribution < -0.4 is 20.9 Å². The molecule has 33 heavy (non-hydrogen) atoms. The van der Waals surface area contributed by atoms with Gasteiger partial charge in [-0.1, -0.05) is 104 Å². The third kappa shape index (κ3) is 5.75. The van der Waals surface area contributed by atoms with Gasteiger partial charge in [0.2, 0.25) is 5.91 Å². The maximum atomic E-state index is 11.8. The Morgan fingerprint density at radius 1 is 0.848 bits per heavy atom. The lowest BCUT2D eigenvalue weighted by molar-refractivity contribution is -0.140. The van der Waals surface area contributed by atoms with E-state index in [0.717, 1.165) is 12.8 Å². The van der Waals surface area contributed by atoms with Crippen molar-refractivity contribution in [1.29, 1.82) is 0 Å². The number of aliphatic carboxylic acids is 1. The summed E-state index contributed by atoms with van der Waals surface area (Å²) >= 11 is 1.68. The Labute approximate surface area is 201 Å². The van der Waals surface area contributed by atoms with Gasteiger partial charge in [-0.2, -0.15) is 11.8 Å². The highest BCUT2D eigenvalue weighted by atomic mass is 32.2. The van der Waals surface area contributed by atoms with Crippen LogP contribution in [0.15, 0.2) is 91.0 Å². The highest BCUT2D eigenvalue weighted by molar-refractivity contribution is 8.02. The molecule has 3 rings (SSSR count). The Hall–Kier alpha value is -2.83. The van der Waals surface area contributed by atoms with E-state index in [4.69, 9.17) is 0 Å². The molecule has 3 aromatic rings. The van der Waals surface area contributed by atoms with Crippen molar-refractivity contribution >= 4 is 47.3 Å². The molecule has 0 aliphatic rings. The molecule has 0 saturated heterocycles. The fourth-order valence-corrected chi connectivity index (χ4v) is 13.0. The number of hydrogen-bond acceptors (Lipinski definition) is 3. The van der Waals surface area contributed by atoms with Crippen LogP contribution in [0.4, 0.5) is 0 Å². The van der Waals surface area contributed by atoms with Gasteiger partial charge in [-0.05, 0) is 22.0 Å². The Bertz CT molecular complexity index is 934. The summed E-state index contributed by atoms with van der Waals surface area (Å²) in [4.78, 5) is 23.6. The highest BCUT2D eigenvalue weighted by Gasteiger charge is 2.46. The van der Waals surface area contributed by atoms with Crippen molar-refractivity contribution in [3.63, 3.8) is 0 Å². The Morgan fingerprint density at radius 2 is 1.27 bits per heavy atom. The third-order valence-corrected chi connectivity index (χ3v) is 13.6. The van der Waals surface area contributed by atoms with Crippen molar-refractivity contribution in [3.8, 4) is 0 Å². The topological polar surface area (TPSA) is 66.4 Å². The second-order valence-corrected chi connectivity index (χ2v) is 13.8. The first-order valence-corrected chi connectivity index (χ1v) is 14.4. The number of rotatable bonds is 11. The van der Waals surface area contributed by atoms with Crippen LogP contribution in [0.5, 0.6) is 0 Å². The van der Waals surface area contributed by atoms with E-state index in [1.165, 1.54) is 22.5 Å². The zero-order valence-electron chi connectivity index (χ0n) is 19.1. The lowest BCUT2D eigenvalue weighted by atomic mass is 10.3. The molecular formula is C27H31NO3SSi. The van der Waals surface area contributed by atoms with E-state index in [9.17, 15) is 14.7 Å². The third-order valence-electron chi connectivity index (χ3n) is 5.86. The Morgan fingerprint density at radius 3 is 1.61 bits per heavy atom. The van der Waals surface area contributed by atoms with Gasteiger partial charge in [-0.3, -0.25) is 4.79 Å². The van der Waals surface area contributed by atoms with Gasteiger partial charge in [-0.25, -0.2) is 4.79 Å². The highest BCUT2D eigenvalue weighted by Crippen LogP contribution is 2.28. The number of carboxylic acid groups (broad SMARTS) is 1. The van der Waals surface area contributed by atoms with E-state index in [0.29, 0.717) is 5.75 Å². The van der Waals surface area contributed by atoms with E-state index in [1.54, 1.807) is 11.8 Å². The molecule has 0 aliphatic heterocycles. The van der Waals surface area contributed by atoms with Crippen LogP contribution in [0, 0.1) is 0 Å². The van der Waals surface area contributed by atoms with Crippen molar-refractivity contribution in [3.05, 3.63) is 91.0 Å². The SMILES string of the molecule is CCCC(SC[C@H](NC(C)=O)C(=O)O)[Si](c1ccccc1)(c1ccccc1)c1ccccc1. The normalized spacial score (nSPS) is 13.2. The molecule has 0 saturated carbocycles. The summed E-state index contributed by atoms with van der Waals surface area (Å²) in [5, 5.41) is 16.2. The minimum Gasteiger partial charge on any atom is -0.480 e. The minimum atomic E-state index is -2.56. The summed E-state index contributed by atoms with van der Waals surface area (Å²) in [6.07, 6.45) is 1.93. The number of benzene rings is 3. The number of thioether (sulfide) groups is 1. The summed E-state index contributed by atoms with van der Waals surface area (Å²) in [5.41, 5.74) is 0. The van der Waals surface area contributed by atoms with Crippen molar-refractivity contribution in [2.24, 2.45) is 0 Å². The average Bonchev–Trinajstić information content (AvgIpc) is 2.84. The van der Waals surface area contributed by atoms with Crippen molar-refractivity contribution < 1.29 is 14.7 Å². The van der Waals surface area contributed by atoms with Crippen molar-refractivity contribution in [2.75, 3.05) is 5.75 Å². The van der Waals surface area contributed by atoms with Crippen LogP contribution in [0.1, 0.15) is 26.7 Å². The van der Waals surface area contributed by atoms with Gasteiger partial charge in [0.1, 0.15) is 6.04 Å². The van der Waals surface area contributed by atoms with Gasteiger partial charge >= 0.3 is 5.97 Å². The van der Waals surface area contributed by atoms with Gasteiger partial charge in [0.15, 0.2) is 8.07 Å². The average molecular weight is 478 g/mol. The van der Waals surface area contributed by atoms with Gasteiger partial charge in [0.25, 0.3) is 0 Å². The molecule has 0 aromatic heterocycles. The maximum absolute atomic E-state index is 11.8. The fourth-order valence-electron chi connectivity index (χ4n) is 4.48. The van der Waals surface area contributed by atoms with E-state index < -0.39 is 20.1 Å². The van der Waals surface area contributed by atoms with Crippen molar-refractivity contribution in [2.45, 2.75) is 37.6 Å². The van der Waals surface area contributed by atoms with E-state index in [-0.39, 0.29) is 10.8 Å². The maximum Gasteiger partial charge on any atom is 0.327 e. The van der Waals surface area contributed by atoms with Crippen LogP contribution in [-0.2, 0) is 9.59 Å². The molecule has 2 N–H and O–H groups in total. The minimum absolute atomic E-state index is 0.185. The molecule has 2 atom stereocenters. The molecule has 0 bridgehead atoms. The monoisotopic (exact) mass is 477 g/mol. The molecule has 6 heteroatoms. The molecule has 0 radical (unpaired) electrons. The second-order valence-electron chi connectivity index (χ2n) is 8.11. The van der Waals surface area contributed by atoms with Crippen LogP contribution in [0.25, 0.3) is 0 Å². The fraction of sp³-hybridized carbons (Fsp3) is 0.259. The molecule has 0 aliphatic carbocycles. The number of hydrogen-bond donors (Lipinski definition) is 2. The summed E-state index contributed by atoms with van der Waals surface area (Å²) in [6.45, 7) is 3.54. The molecule has 0 heterocycles. The molecule has 0 fully saturated rings. The molecule has 4 nitrogen and oxygen atoms in total. The molecule has 1 amide bonds. The van der Waals surface area contributed by atoms with Crippen LogP contribution >= 0.6 is 11.8 Å². The van der Waals surface area contributed by atoms with E-state index >= 15 is 0 Å². The van der Waals surface area contributed by atoms with Crippen LogP contribution in [0.3, 0.4) is 0 Å². The van der Waals surface area contributed by atoms with Crippen LogP contribution in [-0.4, -0.2) is 41.7 Å². The number of nitrogens with one attached hydrogen (secondary N) is 1. The molecule has 172 valence electrons. The lowest BCUT2D eigenvalue weighted by Crippen LogP contribution is -2.73. The number of carbonyl (C=O) groups is 2. The van der Waals surface area contributed by atoms with E-state index in [2.05, 4.69) is 85.0 Å². The summed E-state index contributed by atoms with van der Waals surface area (Å²) < 4.78 is 0. The molecule has 1 unspecified atom stereocenters. The second kappa shape index (κ2) is 11.9. The lowest BCUT2D eigenvalue weighted by Gasteiger charge is -2.41. The number of amides is 1. The predicted molar refractivity (Wildman–Crippen MR) is 140 cm³/mol. The molecular weight excluding hydrogens is 446 g/mol. The zero-order chi connectivity index (χ0) is 23.7. The zero-order valence-corrected chi connectivity index (χ0v) is 20.9. The van der Waals surface area contributed by atoms with E-state index in [1.807, 2.05) is 18.2 Å². The van der Waals surface area contributed by atoms with Gasteiger partial charge in [0.05, 0.1) is 0 Å². The summed E-state index contributed by atoms with van der Waals surface area (Å²) in [7, 11) is -2.56. The summed E-state index contributed by atoms with van der Waals surface area (Å²) in [6, 6.07) is 31.1. The predicted octanol–water partition coefficient (Wildman–Crippen LogP) is 3.19. The number of carboxylic acids is 1. The van der Waals surface area contributed by atoms with Gasteiger partial charge in [-0.15, -0.1) is 0 Å². The van der Waals surface area contributed by atoms with Gasteiger partial charge < -0.3 is 10.4 Å². The van der Waals surface area contributed by atoms with Crippen LogP contribution in [0.2, 0.25) is 0 Å². The quantitative estimate of drug-likeness (QED) is 0.329. The first-order valence-electron chi connectivity index (χ1n) is 11.3.